The number of primary amides is 1. The maximum absolute atomic E-state index is 11.5. The largest absolute Gasteiger partial charge is 0.351 e. The van der Waals surface area contributed by atoms with Crippen LogP contribution in [0.3, 0.4) is 0 Å². The molecule has 4 nitrogen and oxygen atoms in total. The summed E-state index contributed by atoms with van der Waals surface area (Å²) in [5.41, 5.74) is 5.94. The Morgan fingerprint density at radius 1 is 1.24 bits per heavy atom. The lowest BCUT2D eigenvalue weighted by atomic mass is 10.3. The van der Waals surface area contributed by atoms with Crippen molar-refractivity contribution in [3.8, 4) is 0 Å². The van der Waals surface area contributed by atoms with Crippen LogP contribution in [-0.4, -0.2) is 11.0 Å². The molecule has 0 saturated heterocycles. The number of hydrogen-bond acceptors (Lipinski definition) is 2. The van der Waals surface area contributed by atoms with Gasteiger partial charge in [0.2, 0.25) is 0 Å². The topological polar surface area (TPSA) is 59.2 Å². The van der Waals surface area contributed by atoms with Gasteiger partial charge < -0.3 is 5.73 Å². The predicted molar refractivity (Wildman–Crippen MR) is 67.4 cm³/mol. The number of hydrogen-bond donors (Lipinski definition) is 1. The molecule has 2 aromatic rings. The third-order valence-corrected chi connectivity index (χ3v) is 2.40. The quantitative estimate of drug-likeness (QED) is 0.887. The van der Waals surface area contributed by atoms with Gasteiger partial charge in [-0.2, -0.15) is 0 Å². The zero-order chi connectivity index (χ0) is 12.3. The number of urea groups is 1. The standard InChI is InChI=1S/C12H10ClN3O/c13-9-4-3-5-10(8-9)16(12(14)17)11-6-1-2-7-15-11/h1-8H,(H2,14,17). The zero-order valence-corrected chi connectivity index (χ0v) is 9.63. The Balaban J connectivity index is 2.47. The Morgan fingerprint density at radius 2 is 2.06 bits per heavy atom. The molecule has 0 fully saturated rings. The Bertz CT molecular complexity index is 530. The van der Waals surface area contributed by atoms with Gasteiger partial charge in [-0.1, -0.05) is 23.7 Å². The molecule has 17 heavy (non-hydrogen) atoms. The van der Waals surface area contributed by atoms with E-state index in [1.807, 2.05) is 0 Å². The molecule has 0 aliphatic carbocycles. The molecule has 1 heterocycles. The maximum Gasteiger partial charge on any atom is 0.325 e. The highest BCUT2D eigenvalue weighted by molar-refractivity contribution is 6.31. The number of pyridine rings is 1. The molecular formula is C12H10ClN3O. The highest BCUT2D eigenvalue weighted by Crippen LogP contribution is 2.25. The molecule has 0 spiro atoms. The Morgan fingerprint density at radius 3 is 2.65 bits per heavy atom. The van der Waals surface area contributed by atoms with Crippen molar-refractivity contribution in [2.24, 2.45) is 5.73 Å². The zero-order valence-electron chi connectivity index (χ0n) is 8.88. The van der Waals surface area contributed by atoms with Crippen molar-refractivity contribution >= 4 is 29.1 Å². The number of carbonyl (C=O) groups is 1. The molecule has 0 aliphatic rings. The second-order valence-corrected chi connectivity index (χ2v) is 3.78. The van der Waals surface area contributed by atoms with E-state index >= 15 is 0 Å². The van der Waals surface area contributed by atoms with E-state index in [9.17, 15) is 4.79 Å². The normalized spacial score (nSPS) is 9.94. The highest BCUT2D eigenvalue weighted by atomic mass is 35.5. The van der Waals surface area contributed by atoms with E-state index in [4.69, 9.17) is 17.3 Å². The van der Waals surface area contributed by atoms with Crippen LogP contribution < -0.4 is 10.6 Å². The summed E-state index contributed by atoms with van der Waals surface area (Å²) >= 11 is 5.88. The van der Waals surface area contributed by atoms with Crippen LogP contribution >= 0.6 is 11.6 Å². The van der Waals surface area contributed by atoms with Gasteiger partial charge in [-0.25, -0.2) is 14.7 Å². The third-order valence-electron chi connectivity index (χ3n) is 2.17. The fourth-order valence-electron chi connectivity index (χ4n) is 1.47. The summed E-state index contributed by atoms with van der Waals surface area (Å²) in [6.45, 7) is 0. The summed E-state index contributed by atoms with van der Waals surface area (Å²) in [5.74, 6) is 0.460. The Hall–Kier alpha value is -2.07. The Labute approximate surface area is 104 Å². The van der Waals surface area contributed by atoms with Gasteiger partial charge in [0.05, 0.1) is 5.69 Å². The second-order valence-electron chi connectivity index (χ2n) is 3.34. The highest BCUT2D eigenvalue weighted by Gasteiger charge is 2.15. The predicted octanol–water partition coefficient (Wildman–Crippen LogP) is 2.95. The molecule has 0 bridgehead atoms. The van der Waals surface area contributed by atoms with E-state index in [1.165, 1.54) is 4.90 Å². The lowest BCUT2D eigenvalue weighted by molar-refractivity contribution is 0.256. The van der Waals surface area contributed by atoms with Gasteiger partial charge in [-0.3, -0.25) is 0 Å². The van der Waals surface area contributed by atoms with Crippen LogP contribution in [0.4, 0.5) is 16.3 Å². The van der Waals surface area contributed by atoms with Gasteiger partial charge in [0.1, 0.15) is 5.82 Å². The van der Waals surface area contributed by atoms with Crippen LogP contribution in [-0.2, 0) is 0 Å². The average molecular weight is 248 g/mol. The number of nitrogens with two attached hydrogens (primary N) is 1. The molecule has 2 amide bonds. The average Bonchev–Trinajstić information content (AvgIpc) is 2.30. The molecule has 1 aromatic heterocycles. The molecule has 0 atom stereocenters. The van der Waals surface area contributed by atoms with Crippen LogP contribution in [0.15, 0.2) is 48.7 Å². The lowest BCUT2D eigenvalue weighted by Gasteiger charge is -2.19. The summed E-state index contributed by atoms with van der Waals surface area (Å²) < 4.78 is 0. The molecule has 2 rings (SSSR count). The van der Waals surface area contributed by atoms with Crippen molar-refractivity contribution in [2.45, 2.75) is 0 Å². The monoisotopic (exact) mass is 247 g/mol. The van der Waals surface area contributed by atoms with E-state index in [0.29, 0.717) is 16.5 Å². The molecule has 0 radical (unpaired) electrons. The first-order valence-electron chi connectivity index (χ1n) is 4.94. The molecule has 1 aromatic carbocycles. The second kappa shape index (κ2) is 4.84. The van der Waals surface area contributed by atoms with Crippen molar-refractivity contribution in [3.63, 3.8) is 0 Å². The number of halogens is 1. The van der Waals surface area contributed by atoms with Gasteiger partial charge in [-0.15, -0.1) is 0 Å². The van der Waals surface area contributed by atoms with E-state index in [2.05, 4.69) is 4.98 Å². The van der Waals surface area contributed by atoms with Crippen molar-refractivity contribution in [3.05, 3.63) is 53.7 Å². The molecule has 2 N–H and O–H groups in total. The summed E-state index contributed by atoms with van der Waals surface area (Å²) in [6.07, 6.45) is 1.59. The van der Waals surface area contributed by atoms with Gasteiger partial charge in [-0.05, 0) is 30.3 Å². The fourth-order valence-corrected chi connectivity index (χ4v) is 1.66. The molecule has 0 saturated carbocycles. The molecule has 86 valence electrons. The van der Waals surface area contributed by atoms with Crippen molar-refractivity contribution in [1.29, 1.82) is 0 Å². The van der Waals surface area contributed by atoms with E-state index in [1.54, 1.807) is 48.7 Å². The van der Waals surface area contributed by atoms with Crippen molar-refractivity contribution in [2.75, 3.05) is 4.90 Å². The first-order valence-corrected chi connectivity index (χ1v) is 5.32. The van der Waals surface area contributed by atoms with Gasteiger partial charge >= 0.3 is 6.03 Å². The van der Waals surface area contributed by atoms with Gasteiger partial charge in [0, 0.05) is 11.2 Å². The minimum Gasteiger partial charge on any atom is -0.351 e. The van der Waals surface area contributed by atoms with Crippen molar-refractivity contribution < 1.29 is 4.79 Å². The third kappa shape index (κ3) is 2.54. The first-order chi connectivity index (χ1) is 8.18. The number of amides is 2. The van der Waals surface area contributed by atoms with E-state index in [-0.39, 0.29) is 0 Å². The number of carbonyl (C=O) groups excluding carboxylic acids is 1. The molecule has 0 unspecified atom stereocenters. The fraction of sp³-hybridized carbons (Fsp3) is 0. The number of anilines is 2. The van der Waals surface area contributed by atoms with Crippen LogP contribution in [0, 0.1) is 0 Å². The minimum atomic E-state index is -0.606. The van der Waals surface area contributed by atoms with E-state index in [0.717, 1.165) is 0 Å². The summed E-state index contributed by atoms with van der Waals surface area (Å²) in [5, 5.41) is 0.532. The van der Waals surface area contributed by atoms with Crippen LogP contribution in [0.5, 0.6) is 0 Å². The molecular weight excluding hydrogens is 238 g/mol. The molecule has 5 heteroatoms. The first kappa shape index (κ1) is 11.4. The summed E-state index contributed by atoms with van der Waals surface area (Å²) in [7, 11) is 0. The summed E-state index contributed by atoms with van der Waals surface area (Å²) in [4.78, 5) is 16.9. The number of nitrogens with zero attached hydrogens (tertiary/aromatic N) is 2. The van der Waals surface area contributed by atoms with E-state index < -0.39 is 6.03 Å². The summed E-state index contributed by atoms with van der Waals surface area (Å²) in [6, 6.07) is 11.5. The van der Waals surface area contributed by atoms with Crippen LogP contribution in [0.25, 0.3) is 0 Å². The van der Waals surface area contributed by atoms with Gasteiger partial charge in [0.15, 0.2) is 0 Å². The number of benzene rings is 1. The van der Waals surface area contributed by atoms with Gasteiger partial charge in [0.25, 0.3) is 0 Å². The lowest BCUT2D eigenvalue weighted by Crippen LogP contribution is -2.31. The van der Waals surface area contributed by atoms with Crippen LogP contribution in [0.2, 0.25) is 5.02 Å². The molecule has 0 aliphatic heterocycles. The minimum absolute atomic E-state index is 0.460. The van der Waals surface area contributed by atoms with Crippen molar-refractivity contribution in [1.82, 2.24) is 4.98 Å². The maximum atomic E-state index is 11.5. The number of aromatic nitrogens is 1. The SMILES string of the molecule is NC(=O)N(c1cccc(Cl)c1)c1ccccn1. The smallest absolute Gasteiger partial charge is 0.325 e. The number of rotatable bonds is 2. The Kier molecular flexibility index (Phi) is 3.25. The van der Waals surface area contributed by atoms with Crippen LogP contribution in [0.1, 0.15) is 0 Å².